The average molecular weight is 417 g/mol. The molecule has 0 bridgehead atoms. The number of rotatable bonds is 14. The topological polar surface area (TPSA) is 20.2 Å². The van der Waals surface area contributed by atoms with E-state index in [0.29, 0.717) is 5.75 Å². The Kier molecular flexibility index (Phi) is 12.1. The van der Waals surface area contributed by atoms with Crippen LogP contribution in [-0.4, -0.2) is 5.11 Å². The highest BCUT2D eigenvalue weighted by Crippen LogP contribution is 2.40. The number of hydrogen-bond acceptors (Lipinski definition) is 1. The van der Waals surface area contributed by atoms with Gasteiger partial charge in [0.25, 0.3) is 0 Å². The van der Waals surface area contributed by atoms with Crippen LogP contribution in [0.5, 0.6) is 5.75 Å². The molecule has 0 aromatic heterocycles. The number of hydrogen-bond donors (Lipinski definition) is 1. The Balaban J connectivity index is 2.33. The Labute approximate surface area is 189 Å². The van der Waals surface area contributed by atoms with Gasteiger partial charge in [-0.1, -0.05) is 138 Å². The Morgan fingerprint density at radius 1 is 0.567 bits per heavy atom. The van der Waals surface area contributed by atoms with Crippen molar-refractivity contribution < 1.29 is 5.11 Å². The zero-order valence-electron chi connectivity index (χ0n) is 21.5. The summed E-state index contributed by atoms with van der Waals surface area (Å²) in [7, 11) is 0. The number of phenolic OH excluding ortho intramolecular Hbond substituents is 1. The molecule has 174 valence electrons. The first-order valence-electron chi connectivity index (χ1n) is 12.9. The van der Waals surface area contributed by atoms with Crippen molar-refractivity contribution in [3.63, 3.8) is 0 Å². The third kappa shape index (κ3) is 10.4. The molecular formula is C29H52O. The van der Waals surface area contributed by atoms with E-state index in [2.05, 4.69) is 60.6 Å². The maximum Gasteiger partial charge on any atom is 0.123 e. The molecule has 1 rings (SSSR count). The van der Waals surface area contributed by atoms with E-state index in [1.54, 1.807) is 0 Å². The molecule has 1 heteroatoms. The molecule has 0 aliphatic rings. The molecule has 30 heavy (non-hydrogen) atoms. The number of aryl methyl sites for hydroxylation is 1. The van der Waals surface area contributed by atoms with Gasteiger partial charge in [0, 0.05) is 0 Å². The molecule has 0 saturated heterocycles. The van der Waals surface area contributed by atoms with Gasteiger partial charge in [-0.15, -0.1) is 0 Å². The Hall–Kier alpha value is -0.980. The maximum absolute atomic E-state index is 10.9. The summed E-state index contributed by atoms with van der Waals surface area (Å²) in [6, 6.07) is 4.51. The molecule has 0 amide bonds. The zero-order chi connectivity index (χ0) is 22.6. The fraction of sp³-hybridized carbons (Fsp3) is 0.793. The van der Waals surface area contributed by atoms with Gasteiger partial charge in [0.15, 0.2) is 0 Å². The maximum atomic E-state index is 10.9. The minimum absolute atomic E-state index is 0.0317. The van der Waals surface area contributed by atoms with Crippen molar-refractivity contribution in [2.24, 2.45) is 0 Å². The molecule has 0 saturated carbocycles. The molecule has 1 nitrogen and oxygen atoms in total. The van der Waals surface area contributed by atoms with Crippen LogP contribution >= 0.6 is 0 Å². The number of unbranched alkanes of at least 4 members (excludes halogenated alkanes) is 12. The largest absolute Gasteiger partial charge is 0.507 e. The molecule has 0 fully saturated rings. The first-order valence-corrected chi connectivity index (χ1v) is 12.9. The summed E-state index contributed by atoms with van der Waals surface area (Å²) in [5.41, 5.74) is 3.52. The minimum Gasteiger partial charge on any atom is -0.507 e. The van der Waals surface area contributed by atoms with Crippen molar-refractivity contribution in [3.05, 3.63) is 28.8 Å². The van der Waals surface area contributed by atoms with E-state index >= 15 is 0 Å². The summed E-state index contributed by atoms with van der Waals surface area (Å²) < 4.78 is 0. The highest BCUT2D eigenvalue weighted by atomic mass is 16.3. The number of aromatic hydroxyl groups is 1. The lowest BCUT2D eigenvalue weighted by Crippen LogP contribution is -2.18. The number of phenols is 1. The van der Waals surface area contributed by atoms with Gasteiger partial charge in [-0.05, 0) is 40.4 Å². The second kappa shape index (κ2) is 13.4. The van der Waals surface area contributed by atoms with Crippen LogP contribution in [0.3, 0.4) is 0 Å². The molecule has 0 aliphatic carbocycles. The highest BCUT2D eigenvalue weighted by Gasteiger charge is 2.26. The van der Waals surface area contributed by atoms with Crippen molar-refractivity contribution in [2.75, 3.05) is 0 Å². The predicted octanol–water partition coefficient (Wildman–Crippen LogP) is 9.62. The minimum atomic E-state index is -0.0317. The molecule has 1 aromatic rings. The molecular weight excluding hydrogens is 364 g/mol. The molecule has 0 heterocycles. The lowest BCUT2D eigenvalue weighted by atomic mass is 9.78. The van der Waals surface area contributed by atoms with E-state index in [4.69, 9.17) is 0 Å². The first kappa shape index (κ1) is 27.1. The van der Waals surface area contributed by atoms with E-state index in [9.17, 15) is 5.11 Å². The average Bonchev–Trinajstić information content (AvgIpc) is 2.64. The Bertz CT molecular complexity index is 550. The fourth-order valence-electron chi connectivity index (χ4n) is 4.33. The molecule has 1 N–H and O–H groups in total. The second-order valence-electron chi connectivity index (χ2n) is 11.5. The summed E-state index contributed by atoms with van der Waals surface area (Å²) in [5, 5.41) is 10.9. The third-order valence-corrected chi connectivity index (χ3v) is 6.35. The quantitative estimate of drug-likeness (QED) is 0.299. The Morgan fingerprint density at radius 3 is 1.23 bits per heavy atom. The number of benzene rings is 1. The van der Waals surface area contributed by atoms with Crippen molar-refractivity contribution in [3.8, 4) is 5.75 Å². The van der Waals surface area contributed by atoms with Crippen molar-refractivity contribution in [1.29, 1.82) is 0 Å². The van der Waals surface area contributed by atoms with E-state index in [0.717, 1.165) is 17.5 Å². The van der Waals surface area contributed by atoms with Gasteiger partial charge in [0.2, 0.25) is 0 Å². The molecule has 0 aliphatic heterocycles. The van der Waals surface area contributed by atoms with Gasteiger partial charge in [0.1, 0.15) is 5.75 Å². The van der Waals surface area contributed by atoms with Crippen LogP contribution in [0.15, 0.2) is 12.1 Å². The molecule has 0 spiro atoms. The second-order valence-corrected chi connectivity index (χ2v) is 11.5. The van der Waals surface area contributed by atoms with Crippen LogP contribution in [0.1, 0.15) is 149 Å². The van der Waals surface area contributed by atoms with Crippen LogP contribution in [0.2, 0.25) is 0 Å². The van der Waals surface area contributed by atoms with Crippen molar-refractivity contribution in [1.82, 2.24) is 0 Å². The van der Waals surface area contributed by atoms with Crippen molar-refractivity contribution in [2.45, 2.75) is 149 Å². The molecule has 0 radical (unpaired) electrons. The molecule has 0 atom stereocenters. The van der Waals surface area contributed by atoms with E-state index < -0.39 is 0 Å². The highest BCUT2D eigenvalue weighted by molar-refractivity contribution is 5.49. The summed E-state index contributed by atoms with van der Waals surface area (Å²) in [6.07, 6.45) is 19.3. The standard InChI is InChI=1S/C29H52O/c1-8-9-10-11-12-13-14-15-16-17-18-19-20-21-24-22-25(28(2,3)4)27(30)26(23-24)29(5,6)7/h22-23,30H,8-21H2,1-7H3. The fourth-order valence-corrected chi connectivity index (χ4v) is 4.33. The SMILES string of the molecule is CCCCCCCCCCCCCCCc1cc(C(C)(C)C)c(O)c(C(C)(C)C)c1. The van der Waals surface area contributed by atoms with Crippen LogP contribution in [0.25, 0.3) is 0 Å². The summed E-state index contributed by atoms with van der Waals surface area (Å²) in [5.74, 6) is 0.504. The summed E-state index contributed by atoms with van der Waals surface area (Å²) in [4.78, 5) is 0. The third-order valence-electron chi connectivity index (χ3n) is 6.35. The van der Waals surface area contributed by atoms with Gasteiger partial charge >= 0.3 is 0 Å². The van der Waals surface area contributed by atoms with Gasteiger partial charge in [-0.2, -0.15) is 0 Å². The van der Waals surface area contributed by atoms with E-state index in [1.165, 1.54) is 89.0 Å². The van der Waals surface area contributed by atoms with Crippen LogP contribution < -0.4 is 0 Å². The van der Waals surface area contributed by atoms with Crippen LogP contribution in [0, 0.1) is 0 Å². The lowest BCUT2D eigenvalue weighted by molar-refractivity contribution is 0.422. The zero-order valence-corrected chi connectivity index (χ0v) is 21.5. The van der Waals surface area contributed by atoms with Crippen LogP contribution in [0.4, 0.5) is 0 Å². The van der Waals surface area contributed by atoms with E-state index in [-0.39, 0.29) is 10.8 Å². The van der Waals surface area contributed by atoms with Crippen molar-refractivity contribution >= 4 is 0 Å². The summed E-state index contributed by atoms with van der Waals surface area (Å²) >= 11 is 0. The predicted molar refractivity (Wildman–Crippen MR) is 135 cm³/mol. The lowest BCUT2D eigenvalue weighted by Gasteiger charge is -2.28. The van der Waals surface area contributed by atoms with Gasteiger partial charge in [-0.3, -0.25) is 0 Å². The molecule has 1 aromatic carbocycles. The monoisotopic (exact) mass is 416 g/mol. The summed E-state index contributed by atoms with van der Waals surface area (Å²) in [6.45, 7) is 15.5. The smallest absolute Gasteiger partial charge is 0.123 e. The normalized spacial score (nSPS) is 12.5. The molecule has 0 unspecified atom stereocenters. The van der Waals surface area contributed by atoms with Gasteiger partial charge < -0.3 is 5.11 Å². The Morgan fingerprint density at radius 2 is 0.900 bits per heavy atom. The first-order chi connectivity index (χ1) is 14.1. The van der Waals surface area contributed by atoms with Crippen LogP contribution in [-0.2, 0) is 17.3 Å². The van der Waals surface area contributed by atoms with Gasteiger partial charge in [-0.25, -0.2) is 0 Å². The van der Waals surface area contributed by atoms with E-state index in [1.807, 2.05) is 0 Å². The van der Waals surface area contributed by atoms with Gasteiger partial charge in [0.05, 0.1) is 0 Å².